The lowest BCUT2D eigenvalue weighted by atomic mass is 10.2. The van der Waals surface area contributed by atoms with Crippen LogP contribution in [0.25, 0.3) is 11.0 Å². The van der Waals surface area contributed by atoms with E-state index in [4.69, 9.17) is 9.47 Å². The van der Waals surface area contributed by atoms with E-state index in [0.29, 0.717) is 17.6 Å². The predicted molar refractivity (Wildman–Crippen MR) is 92.2 cm³/mol. The topological polar surface area (TPSA) is 53.4 Å². The van der Waals surface area contributed by atoms with Crippen LogP contribution in [0.15, 0.2) is 59.3 Å². The first-order chi connectivity index (χ1) is 12.2. The smallest absolute Gasteiger partial charge is 0.164 e. The molecular weight excluding hydrogens is 323 g/mol. The Morgan fingerprint density at radius 1 is 1.28 bits per heavy atom. The van der Waals surface area contributed by atoms with Gasteiger partial charge in [0.1, 0.15) is 24.5 Å². The van der Waals surface area contributed by atoms with Crippen molar-refractivity contribution in [1.29, 1.82) is 0 Å². The third-order valence-corrected chi connectivity index (χ3v) is 4.00. The van der Waals surface area contributed by atoms with E-state index in [-0.39, 0.29) is 18.8 Å². The Bertz CT molecular complexity index is 893. The maximum absolute atomic E-state index is 13.9. The van der Waals surface area contributed by atoms with Crippen LogP contribution >= 0.6 is 0 Å². The molecule has 1 aromatic heterocycles. The molecule has 1 heterocycles. The lowest BCUT2D eigenvalue weighted by molar-refractivity contribution is -0.105. The first kappa shape index (κ1) is 17.0. The number of ether oxygens (including phenoxy) is 2. The van der Waals surface area contributed by atoms with Crippen LogP contribution in [0.3, 0.4) is 0 Å². The summed E-state index contributed by atoms with van der Waals surface area (Å²) in [6.45, 7) is 2.94. The van der Waals surface area contributed by atoms with Crippen LogP contribution in [0.5, 0.6) is 0 Å². The fraction of sp³-hybridized carbons (Fsp3) is 0.263. The van der Waals surface area contributed by atoms with Crippen molar-refractivity contribution in [3.05, 3.63) is 65.2 Å². The van der Waals surface area contributed by atoms with Gasteiger partial charge in [0.05, 0.1) is 18.1 Å². The van der Waals surface area contributed by atoms with E-state index in [9.17, 15) is 9.18 Å². The van der Waals surface area contributed by atoms with Gasteiger partial charge in [0.25, 0.3) is 0 Å². The number of halogens is 1. The molecule has 0 fully saturated rings. The Balaban J connectivity index is 1.92. The average molecular weight is 342 g/mol. The molecule has 0 atom stereocenters. The van der Waals surface area contributed by atoms with Crippen LogP contribution in [0.1, 0.15) is 19.2 Å². The van der Waals surface area contributed by atoms with Crippen molar-refractivity contribution in [2.45, 2.75) is 26.5 Å². The van der Waals surface area contributed by atoms with E-state index in [0.717, 1.165) is 23.4 Å². The number of hydrogen-bond acceptors (Lipinski definition) is 4. The monoisotopic (exact) mass is 342 g/mol. The Labute approximate surface area is 145 Å². The normalized spacial score (nSPS) is 14.8. The number of aromatic nitrogens is 2. The highest BCUT2D eigenvalue weighted by molar-refractivity contribution is 5.76. The Morgan fingerprint density at radius 2 is 2.08 bits per heavy atom. The van der Waals surface area contributed by atoms with Crippen LogP contribution in [0.2, 0.25) is 0 Å². The zero-order chi connectivity index (χ0) is 17.8. The van der Waals surface area contributed by atoms with Crippen molar-refractivity contribution >= 4 is 17.3 Å². The lowest BCUT2D eigenvalue weighted by Crippen LogP contribution is -2.05. The number of carbonyl (C=O) groups is 1. The third kappa shape index (κ3) is 3.47. The summed E-state index contributed by atoms with van der Waals surface area (Å²) in [5, 5.41) is 0. The summed E-state index contributed by atoms with van der Waals surface area (Å²) in [5.41, 5.74) is 2.20. The number of allylic oxidation sites excluding steroid dienone is 4. The van der Waals surface area contributed by atoms with Gasteiger partial charge in [0.15, 0.2) is 11.5 Å². The van der Waals surface area contributed by atoms with Crippen molar-refractivity contribution in [3.8, 4) is 0 Å². The summed E-state index contributed by atoms with van der Waals surface area (Å²) < 4.78 is 27.0. The van der Waals surface area contributed by atoms with E-state index in [1.54, 1.807) is 0 Å². The number of benzene rings is 1. The number of nitrogens with zero attached hydrogens (tertiary/aromatic N) is 2. The number of imidazole rings is 1. The number of rotatable bonds is 6. The van der Waals surface area contributed by atoms with Gasteiger partial charge in [0, 0.05) is 24.6 Å². The standard InChI is InChI=1S/C19H19FN2O3/c1-3-22-16-7-5-4-6-15(16)21-19(22)12-25-18-10-14(20)8-13(11-23)9-17(18)24-2/h4-7,9-11H,3,8,12H2,1-2H3. The van der Waals surface area contributed by atoms with E-state index in [1.807, 2.05) is 35.8 Å². The SMILES string of the molecule is CCn1c(COC2=C(OC)C=C(C=O)CC(F)=C2)nc2ccccc21. The summed E-state index contributed by atoms with van der Waals surface area (Å²) in [7, 11) is 1.45. The molecule has 25 heavy (non-hydrogen) atoms. The molecule has 0 amide bonds. The predicted octanol–water partition coefficient (Wildman–Crippen LogP) is 3.81. The Morgan fingerprint density at radius 3 is 2.80 bits per heavy atom. The minimum Gasteiger partial charge on any atom is -0.493 e. The maximum atomic E-state index is 13.9. The lowest BCUT2D eigenvalue weighted by Gasteiger charge is -2.11. The molecule has 3 rings (SSSR count). The summed E-state index contributed by atoms with van der Waals surface area (Å²) in [4.78, 5) is 15.6. The fourth-order valence-corrected chi connectivity index (χ4v) is 2.83. The molecule has 0 spiro atoms. The molecule has 130 valence electrons. The number of hydrogen-bond donors (Lipinski definition) is 0. The van der Waals surface area contributed by atoms with Crippen molar-refractivity contribution in [1.82, 2.24) is 9.55 Å². The van der Waals surface area contributed by atoms with Crippen molar-refractivity contribution < 1.29 is 18.7 Å². The van der Waals surface area contributed by atoms with Crippen LogP contribution in [0.4, 0.5) is 4.39 Å². The molecule has 1 aliphatic carbocycles. The first-order valence-electron chi connectivity index (χ1n) is 8.03. The second-order valence-corrected chi connectivity index (χ2v) is 5.59. The molecule has 0 saturated heterocycles. The zero-order valence-electron chi connectivity index (χ0n) is 14.2. The largest absolute Gasteiger partial charge is 0.493 e. The number of methoxy groups -OCH3 is 1. The highest BCUT2D eigenvalue weighted by Gasteiger charge is 2.16. The van der Waals surface area contributed by atoms with Gasteiger partial charge in [-0.25, -0.2) is 9.37 Å². The number of fused-ring (bicyclic) bond motifs is 1. The second kappa shape index (κ2) is 7.34. The number of aldehydes is 1. The van der Waals surface area contributed by atoms with Crippen LogP contribution in [0, 0.1) is 0 Å². The van der Waals surface area contributed by atoms with Crippen LogP contribution in [-0.4, -0.2) is 22.9 Å². The Hall–Kier alpha value is -2.89. The van der Waals surface area contributed by atoms with E-state index >= 15 is 0 Å². The highest BCUT2D eigenvalue weighted by atomic mass is 19.1. The van der Waals surface area contributed by atoms with Gasteiger partial charge in [-0.05, 0) is 25.1 Å². The van der Waals surface area contributed by atoms with Crippen LogP contribution in [-0.2, 0) is 27.4 Å². The minimum absolute atomic E-state index is 0.0727. The second-order valence-electron chi connectivity index (χ2n) is 5.59. The molecule has 6 heteroatoms. The van der Waals surface area contributed by atoms with E-state index in [1.165, 1.54) is 19.3 Å². The maximum Gasteiger partial charge on any atom is 0.164 e. The molecule has 0 unspecified atom stereocenters. The molecular formula is C19H19FN2O3. The third-order valence-electron chi connectivity index (χ3n) is 4.00. The van der Waals surface area contributed by atoms with Gasteiger partial charge >= 0.3 is 0 Å². The van der Waals surface area contributed by atoms with E-state index < -0.39 is 5.83 Å². The summed E-state index contributed by atoms with van der Waals surface area (Å²) in [6, 6.07) is 7.83. The van der Waals surface area contributed by atoms with Crippen molar-refractivity contribution in [2.75, 3.05) is 7.11 Å². The molecule has 0 aliphatic heterocycles. The zero-order valence-corrected chi connectivity index (χ0v) is 14.2. The number of carbonyl (C=O) groups excluding carboxylic acids is 1. The average Bonchev–Trinajstić information content (AvgIpc) is 2.90. The molecule has 5 nitrogen and oxygen atoms in total. The molecule has 0 bridgehead atoms. The fourth-order valence-electron chi connectivity index (χ4n) is 2.83. The number of aryl methyl sites for hydroxylation is 1. The van der Waals surface area contributed by atoms with Crippen LogP contribution < -0.4 is 0 Å². The minimum atomic E-state index is -0.454. The molecule has 1 aromatic carbocycles. The van der Waals surface area contributed by atoms with Gasteiger partial charge in [0.2, 0.25) is 0 Å². The van der Waals surface area contributed by atoms with Gasteiger partial charge in [-0.2, -0.15) is 0 Å². The summed E-state index contributed by atoms with van der Waals surface area (Å²) >= 11 is 0. The first-order valence-corrected chi connectivity index (χ1v) is 8.03. The van der Waals surface area contributed by atoms with Gasteiger partial charge < -0.3 is 14.0 Å². The van der Waals surface area contributed by atoms with Gasteiger partial charge in [-0.1, -0.05) is 12.1 Å². The van der Waals surface area contributed by atoms with E-state index in [2.05, 4.69) is 4.98 Å². The van der Waals surface area contributed by atoms with Crippen molar-refractivity contribution in [3.63, 3.8) is 0 Å². The highest BCUT2D eigenvalue weighted by Crippen LogP contribution is 2.25. The van der Waals surface area contributed by atoms with Gasteiger partial charge in [-0.15, -0.1) is 0 Å². The molecule has 0 N–H and O–H groups in total. The molecule has 0 radical (unpaired) electrons. The molecule has 1 aliphatic rings. The summed E-state index contributed by atoms with van der Waals surface area (Å²) in [6.07, 6.45) is 3.29. The quantitative estimate of drug-likeness (QED) is 0.749. The molecule has 0 saturated carbocycles. The number of para-hydroxylation sites is 2. The van der Waals surface area contributed by atoms with Crippen molar-refractivity contribution in [2.24, 2.45) is 0 Å². The van der Waals surface area contributed by atoms with Gasteiger partial charge in [-0.3, -0.25) is 4.79 Å². The summed E-state index contributed by atoms with van der Waals surface area (Å²) in [5.74, 6) is 0.842. The molecule has 2 aromatic rings. The Kier molecular flexibility index (Phi) is 4.97.